The standard InChI is InChI=1S/C11H14BrN3S/c1-8(10-5-7-14-15-10)13-6-4-9-2-3-11(12)16-9/h2-3,5,7-8,13H,4,6H2,1H3,(H,14,15). The number of rotatable bonds is 5. The minimum Gasteiger partial charge on any atom is -0.309 e. The van der Waals surface area contributed by atoms with Gasteiger partial charge in [-0.1, -0.05) is 0 Å². The molecule has 0 saturated heterocycles. The number of aromatic amines is 1. The normalized spacial score (nSPS) is 12.9. The minimum absolute atomic E-state index is 0.325. The summed E-state index contributed by atoms with van der Waals surface area (Å²) in [6, 6.07) is 6.58. The van der Waals surface area contributed by atoms with Crippen LogP contribution in [0.2, 0.25) is 0 Å². The molecular formula is C11H14BrN3S. The Morgan fingerprint density at radius 3 is 3.00 bits per heavy atom. The van der Waals surface area contributed by atoms with Gasteiger partial charge in [-0.3, -0.25) is 5.10 Å². The van der Waals surface area contributed by atoms with Crippen molar-refractivity contribution in [1.82, 2.24) is 15.5 Å². The van der Waals surface area contributed by atoms with Crippen molar-refractivity contribution in [3.63, 3.8) is 0 Å². The van der Waals surface area contributed by atoms with Crippen molar-refractivity contribution in [1.29, 1.82) is 0 Å². The molecule has 0 amide bonds. The Kier molecular flexibility index (Phi) is 4.15. The quantitative estimate of drug-likeness (QED) is 0.890. The zero-order chi connectivity index (χ0) is 11.4. The first-order chi connectivity index (χ1) is 7.75. The zero-order valence-electron chi connectivity index (χ0n) is 9.03. The Morgan fingerprint density at radius 1 is 1.50 bits per heavy atom. The molecule has 0 radical (unpaired) electrons. The van der Waals surface area contributed by atoms with Crippen molar-refractivity contribution < 1.29 is 0 Å². The van der Waals surface area contributed by atoms with E-state index in [2.05, 4.69) is 50.5 Å². The second-order valence-electron chi connectivity index (χ2n) is 3.64. The third kappa shape index (κ3) is 3.17. The summed E-state index contributed by atoms with van der Waals surface area (Å²) in [6.07, 6.45) is 2.85. The van der Waals surface area contributed by atoms with E-state index >= 15 is 0 Å². The Morgan fingerprint density at radius 2 is 2.38 bits per heavy atom. The summed E-state index contributed by atoms with van der Waals surface area (Å²) in [5, 5.41) is 10.4. The maximum atomic E-state index is 3.94. The molecule has 2 heterocycles. The molecule has 3 nitrogen and oxygen atoms in total. The lowest BCUT2D eigenvalue weighted by atomic mass is 10.2. The maximum absolute atomic E-state index is 3.94. The summed E-state index contributed by atoms with van der Waals surface area (Å²) in [6.45, 7) is 3.12. The molecule has 0 spiro atoms. The van der Waals surface area contributed by atoms with Crippen LogP contribution in [0.4, 0.5) is 0 Å². The third-order valence-corrected chi connectivity index (χ3v) is 4.12. The van der Waals surface area contributed by atoms with Gasteiger partial charge in [0, 0.05) is 23.7 Å². The van der Waals surface area contributed by atoms with E-state index < -0.39 is 0 Å². The summed E-state index contributed by atoms with van der Waals surface area (Å²) in [5.41, 5.74) is 1.13. The van der Waals surface area contributed by atoms with E-state index in [0.717, 1.165) is 18.7 Å². The molecule has 2 N–H and O–H groups in total. The fraction of sp³-hybridized carbons (Fsp3) is 0.364. The molecule has 1 unspecified atom stereocenters. The molecule has 86 valence electrons. The Labute approximate surface area is 107 Å². The van der Waals surface area contributed by atoms with Crippen LogP contribution in [0, 0.1) is 0 Å². The van der Waals surface area contributed by atoms with E-state index in [9.17, 15) is 0 Å². The Bertz CT molecular complexity index is 424. The van der Waals surface area contributed by atoms with E-state index in [1.54, 1.807) is 17.5 Å². The highest BCUT2D eigenvalue weighted by molar-refractivity contribution is 9.11. The van der Waals surface area contributed by atoms with Crippen LogP contribution in [-0.2, 0) is 6.42 Å². The van der Waals surface area contributed by atoms with Crippen LogP contribution in [0.15, 0.2) is 28.2 Å². The molecule has 2 aromatic heterocycles. The van der Waals surface area contributed by atoms with Gasteiger partial charge >= 0.3 is 0 Å². The highest BCUT2D eigenvalue weighted by Crippen LogP contribution is 2.22. The molecule has 16 heavy (non-hydrogen) atoms. The minimum atomic E-state index is 0.325. The van der Waals surface area contributed by atoms with Crippen LogP contribution in [0.3, 0.4) is 0 Å². The predicted octanol–water partition coefficient (Wildman–Crippen LogP) is 3.13. The van der Waals surface area contributed by atoms with Gasteiger partial charge in [0.2, 0.25) is 0 Å². The van der Waals surface area contributed by atoms with Crippen LogP contribution in [0.1, 0.15) is 23.5 Å². The summed E-state index contributed by atoms with van der Waals surface area (Å²) < 4.78 is 1.20. The fourth-order valence-electron chi connectivity index (χ4n) is 1.52. The van der Waals surface area contributed by atoms with Gasteiger partial charge in [-0.2, -0.15) is 5.10 Å². The molecule has 5 heteroatoms. The van der Waals surface area contributed by atoms with Crippen LogP contribution in [0.25, 0.3) is 0 Å². The van der Waals surface area contributed by atoms with Crippen LogP contribution in [-0.4, -0.2) is 16.7 Å². The third-order valence-electron chi connectivity index (χ3n) is 2.44. The first-order valence-electron chi connectivity index (χ1n) is 5.22. The smallest absolute Gasteiger partial charge is 0.0701 e. The molecule has 0 fully saturated rings. The highest BCUT2D eigenvalue weighted by atomic mass is 79.9. The van der Waals surface area contributed by atoms with Crippen molar-refractivity contribution >= 4 is 27.3 Å². The lowest BCUT2D eigenvalue weighted by Gasteiger charge is -2.10. The monoisotopic (exact) mass is 299 g/mol. The number of thiophene rings is 1. The van der Waals surface area contributed by atoms with E-state index in [4.69, 9.17) is 0 Å². The predicted molar refractivity (Wildman–Crippen MR) is 70.7 cm³/mol. The van der Waals surface area contributed by atoms with E-state index in [0.29, 0.717) is 6.04 Å². The molecular weight excluding hydrogens is 286 g/mol. The number of nitrogens with zero attached hydrogens (tertiary/aromatic N) is 1. The van der Waals surface area contributed by atoms with Crippen molar-refractivity contribution in [2.75, 3.05) is 6.54 Å². The topological polar surface area (TPSA) is 40.7 Å². The van der Waals surface area contributed by atoms with Crippen LogP contribution in [0.5, 0.6) is 0 Å². The number of halogens is 1. The van der Waals surface area contributed by atoms with Crippen LogP contribution < -0.4 is 5.32 Å². The number of hydrogen-bond donors (Lipinski definition) is 2. The number of nitrogens with one attached hydrogen (secondary N) is 2. The van der Waals surface area contributed by atoms with Crippen LogP contribution >= 0.6 is 27.3 Å². The van der Waals surface area contributed by atoms with Gasteiger partial charge in [-0.15, -0.1) is 11.3 Å². The van der Waals surface area contributed by atoms with Gasteiger partial charge in [-0.25, -0.2) is 0 Å². The molecule has 2 rings (SSSR count). The lowest BCUT2D eigenvalue weighted by molar-refractivity contribution is 0.564. The van der Waals surface area contributed by atoms with Crippen molar-refractivity contribution in [2.24, 2.45) is 0 Å². The number of hydrogen-bond acceptors (Lipinski definition) is 3. The molecule has 0 aliphatic rings. The first kappa shape index (κ1) is 11.8. The fourth-order valence-corrected chi connectivity index (χ4v) is 3.00. The van der Waals surface area contributed by atoms with Gasteiger partial charge in [0.15, 0.2) is 0 Å². The molecule has 0 aliphatic heterocycles. The summed E-state index contributed by atoms with van der Waals surface area (Å²) in [5.74, 6) is 0. The number of aromatic nitrogens is 2. The van der Waals surface area contributed by atoms with Gasteiger partial charge in [0.25, 0.3) is 0 Å². The van der Waals surface area contributed by atoms with E-state index in [-0.39, 0.29) is 0 Å². The van der Waals surface area contributed by atoms with Crippen molar-refractivity contribution in [2.45, 2.75) is 19.4 Å². The summed E-state index contributed by atoms with van der Waals surface area (Å²) in [4.78, 5) is 1.40. The van der Waals surface area contributed by atoms with E-state index in [1.165, 1.54) is 8.66 Å². The molecule has 0 aromatic carbocycles. The van der Waals surface area contributed by atoms with Gasteiger partial charge in [-0.05, 0) is 47.5 Å². The average molecular weight is 300 g/mol. The summed E-state index contributed by atoms with van der Waals surface area (Å²) in [7, 11) is 0. The molecule has 0 aliphatic carbocycles. The molecule has 0 saturated carbocycles. The van der Waals surface area contributed by atoms with Crippen molar-refractivity contribution in [3.8, 4) is 0 Å². The zero-order valence-corrected chi connectivity index (χ0v) is 11.4. The largest absolute Gasteiger partial charge is 0.309 e. The second kappa shape index (κ2) is 5.61. The van der Waals surface area contributed by atoms with E-state index in [1.807, 2.05) is 6.07 Å². The van der Waals surface area contributed by atoms with Crippen molar-refractivity contribution in [3.05, 3.63) is 38.8 Å². The maximum Gasteiger partial charge on any atom is 0.0701 e. The Balaban J connectivity index is 1.76. The highest BCUT2D eigenvalue weighted by Gasteiger charge is 2.05. The second-order valence-corrected chi connectivity index (χ2v) is 6.19. The SMILES string of the molecule is CC(NCCc1ccc(Br)s1)c1ccn[nH]1. The molecule has 2 aromatic rings. The molecule has 0 bridgehead atoms. The lowest BCUT2D eigenvalue weighted by Crippen LogP contribution is -2.21. The number of H-pyrrole nitrogens is 1. The Hall–Kier alpha value is -0.650. The summed E-state index contributed by atoms with van der Waals surface area (Å²) >= 11 is 5.26. The van der Waals surface area contributed by atoms with Gasteiger partial charge < -0.3 is 5.32 Å². The molecule has 1 atom stereocenters. The first-order valence-corrected chi connectivity index (χ1v) is 6.83. The average Bonchev–Trinajstić information content (AvgIpc) is 2.89. The van der Waals surface area contributed by atoms with Gasteiger partial charge in [0.05, 0.1) is 9.48 Å². The van der Waals surface area contributed by atoms with Gasteiger partial charge in [0.1, 0.15) is 0 Å².